The molecule has 0 atom stereocenters. The van der Waals surface area contributed by atoms with Gasteiger partial charge in [0.25, 0.3) is 0 Å². The first-order chi connectivity index (χ1) is 5.22. The lowest BCUT2D eigenvalue weighted by Crippen LogP contribution is -1.95. The number of hydrogen-bond acceptors (Lipinski definition) is 1. The fraction of sp³-hybridized carbons (Fsp3) is 0.444. The molecule has 0 spiro atoms. The number of allylic oxidation sites excluding steroid dienone is 3. The third kappa shape index (κ3) is 5.18. The summed E-state index contributed by atoms with van der Waals surface area (Å²) in [6.07, 6.45) is 6.11. The number of carbonyl (C=O) groups excluding carboxylic acids is 1. The molecule has 0 N–H and O–H groups in total. The average molecular weight is 264 g/mol. The van der Waals surface area contributed by atoms with Gasteiger partial charge in [-0.2, -0.15) is 0 Å². The number of unbranched alkanes of at least 4 members (excludes halogenated alkanes) is 1. The topological polar surface area (TPSA) is 17.1 Å². The molecule has 0 aliphatic carbocycles. The van der Waals surface area contributed by atoms with Crippen molar-refractivity contribution in [3.05, 3.63) is 22.3 Å². The van der Waals surface area contributed by atoms with Crippen LogP contribution >= 0.6 is 22.6 Å². The fourth-order valence-electron chi connectivity index (χ4n) is 0.653. The van der Waals surface area contributed by atoms with Gasteiger partial charge in [-0.15, -0.1) is 0 Å². The summed E-state index contributed by atoms with van der Waals surface area (Å²) in [6.45, 7) is 5.61. The zero-order valence-corrected chi connectivity index (χ0v) is 8.93. The number of halogens is 1. The van der Waals surface area contributed by atoms with E-state index in [2.05, 4.69) is 13.5 Å². The van der Waals surface area contributed by atoms with Crippen molar-refractivity contribution < 1.29 is 4.79 Å². The summed E-state index contributed by atoms with van der Waals surface area (Å²) < 4.78 is 0.783. The summed E-state index contributed by atoms with van der Waals surface area (Å²) in [7, 11) is 0. The van der Waals surface area contributed by atoms with Crippen LogP contribution in [0, 0.1) is 0 Å². The number of ketones is 1. The van der Waals surface area contributed by atoms with Crippen LogP contribution in [0.2, 0.25) is 0 Å². The van der Waals surface area contributed by atoms with Crippen LogP contribution in [0.25, 0.3) is 0 Å². The Morgan fingerprint density at radius 1 is 1.64 bits per heavy atom. The first-order valence-electron chi connectivity index (χ1n) is 3.73. The zero-order valence-electron chi connectivity index (χ0n) is 6.77. The quantitative estimate of drug-likeness (QED) is 0.423. The van der Waals surface area contributed by atoms with Crippen molar-refractivity contribution in [2.24, 2.45) is 0 Å². The molecule has 0 aromatic carbocycles. The van der Waals surface area contributed by atoms with Crippen molar-refractivity contribution in [3.63, 3.8) is 0 Å². The summed E-state index contributed by atoms with van der Waals surface area (Å²) in [6, 6.07) is 0. The smallest absolute Gasteiger partial charge is 0.168 e. The van der Waals surface area contributed by atoms with Crippen LogP contribution in [0.3, 0.4) is 0 Å². The number of carbonyl (C=O) groups is 1. The molecule has 0 unspecified atom stereocenters. The maximum absolute atomic E-state index is 11.2. The molecule has 0 rings (SSSR count). The van der Waals surface area contributed by atoms with Crippen LogP contribution in [-0.4, -0.2) is 5.78 Å². The van der Waals surface area contributed by atoms with Gasteiger partial charge in [-0.1, -0.05) is 26.0 Å². The summed E-state index contributed by atoms with van der Waals surface area (Å²) >= 11 is 2.05. The highest BCUT2D eigenvalue weighted by atomic mass is 127. The lowest BCUT2D eigenvalue weighted by Gasteiger charge is -1.95. The lowest BCUT2D eigenvalue weighted by molar-refractivity contribution is -0.114. The van der Waals surface area contributed by atoms with Gasteiger partial charge in [0, 0.05) is 6.42 Å². The summed E-state index contributed by atoms with van der Waals surface area (Å²) in [5.41, 5.74) is 0. The Hall–Kier alpha value is -0.120. The SMILES string of the molecule is C=C/C=C(\I)C(=O)CCCC. The molecular weight excluding hydrogens is 251 g/mol. The van der Waals surface area contributed by atoms with Crippen molar-refractivity contribution in [1.29, 1.82) is 0 Å². The molecule has 62 valence electrons. The van der Waals surface area contributed by atoms with Gasteiger partial charge >= 0.3 is 0 Å². The van der Waals surface area contributed by atoms with Crippen molar-refractivity contribution in [2.75, 3.05) is 0 Å². The molecule has 0 aliphatic rings. The van der Waals surface area contributed by atoms with E-state index in [9.17, 15) is 4.79 Å². The maximum atomic E-state index is 11.2. The van der Waals surface area contributed by atoms with Crippen LogP contribution in [0.5, 0.6) is 0 Å². The van der Waals surface area contributed by atoms with E-state index in [-0.39, 0.29) is 5.78 Å². The minimum Gasteiger partial charge on any atom is -0.294 e. The summed E-state index contributed by atoms with van der Waals surface area (Å²) in [5.74, 6) is 0.229. The largest absolute Gasteiger partial charge is 0.294 e. The Labute approximate surface area is 81.7 Å². The second-order valence-corrected chi connectivity index (χ2v) is 3.44. The van der Waals surface area contributed by atoms with E-state index in [1.807, 2.05) is 22.6 Å². The third-order valence-electron chi connectivity index (χ3n) is 1.29. The normalized spacial score (nSPS) is 11.3. The molecule has 0 heterocycles. The lowest BCUT2D eigenvalue weighted by atomic mass is 10.2. The molecule has 0 saturated heterocycles. The molecule has 0 amide bonds. The second kappa shape index (κ2) is 6.58. The van der Waals surface area contributed by atoms with Gasteiger partial charge in [0.1, 0.15) is 0 Å². The van der Waals surface area contributed by atoms with Crippen LogP contribution in [0.1, 0.15) is 26.2 Å². The highest BCUT2D eigenvalue weighted by molar-refractivity contribution is 14.1. The molecule has 0 fully saturated rings. The number of Topliss-reactive ketones (excluding diaryl/α,β-unsaturated/α-hetero) is 1. The van der Waals surface area contributed by atoms with Gasteiger partial charge in [-0.25, -0.2) is 0 Å². The third-order valence-corrected chi connectivity index (χ3v) is 2.25. The van der Waals surface area contributed by atoms with E-state index in [1.165, 1.54) is 0 Å². The molecule has 0 aromatic rings. The Bertz CT molecular complexity index is 170. The maximum Gasteiger partial charge on any atom is 0.168 e. The highest BCUT2D eigenvalue weighted by Gasteiger charge is 2.02. The Kier molecular flexibility index (Phi) is 6.51. The van der Waals surface area contributed by atoms with E-state index in [1.54, 1.807) is 12.2 Å². The van der Waals surface area contributed by atoms with E-state index in [4.69, 9.17) is 0 Å². The summed E-state index contributed by atoms with van der Waals surface area (Å²) in [4.78, 5) is 11.2. The van der Waals surface area contributed by atoms with Gasteiger partial charge in [-0.05, 0) is 35.1 Å². The Morgan fingerprint density at radius 3 is 2.73 bits per heavy atom. The molecule has 1 nitrogen and oxygen atoms in total. The number of rotatable bonds is 5. The molecule has 0 saturated carbocycles. The first-order valence-corrected chi connectivity index (χ1v) is 4.81. The van der Waals surface area contributed by atoms with E-state index in [0.717, 1.165) is 16.4 Å². The Balaban J connectivity index is 3.82. The minimum atomic E-state index is 0.229. The van der Waals surface area contributed by atoms with E-state index >= 15 is 0 Å². The predicted molar refractivity (Wildman–Crippen MR) is 56.8 cm³/mol. The molecule has 0 aromatic heterocycles. The summed E-state index contributed by atoms with van der Waals surface area (Å²) in [5, 5.41) is 0. The van der Waals surface area contributed by atoms with Gasteiger partial charge < -0.3 is 0 Å². The van der Waals surface area contributed by atoms with E-state index in [0.29, 0.717) is 6.42 Å². The van der Waals surface area contributed by atoms with Crippen molar-refractivity contribution >= 4 is 28.4 Å². The van der Waals surface area contributed by atoms with Crippen molar-refractivity contribution in [2.45, 2.75) is 26.2 Å². The van der Waals surface area contributed by atoms with Gasteiger partial charge in [-0.3, -0.25) is 4.79 Å². The Morgan fingerprint density at radius 2 is 2.27 bits per heavy atom. The standard InChI is InChI=1S/C9H13IO/c1-3-5-7-9(11)8(10)6-4-2/h4,6H,2-3,5,7H2,1H3/b8-6-. The van der Waals surface area contributed by atoms with Gasteiger partial charge in [0.05, 0.1) is 3.58 Å². The molecule has 0 radical (unpaired) electrons. The van der Waals surface area contributed by atoms with Crippen LogP contribution < -0.4 is 0 Å². The molecule has 11 heavy (non-hydrogen) atoms. The van der Waals surface area contributed by atoms with Crippen LogP contribution in [-0.2, 0) is 4.79 Å². The molecule has 0 aliphatic heterocycles. The molecular formula is C9H13IO. The number of hydrogen-bond donors (Lipinski definition) is 0. The van der Waals surface area contributed by atoms with Crippen LogP contribution in [0.4, 0.5) is 0 Å². The minimum absolute atomic E-state index is 0.229. The highest BCUT2D eigenvalue weighted by Crippen LogP contribution is 2.11. The molecule has 0 bridgehead atoms. The van der Waals surface area contributed by atoms with Crippen LogP contribution in [0.15, 0.2) is 22.3 Å². The predicted octanol–water partition coefficient (Wildman–Crippen LogP) is 3.25. The molecule has 2 heteroatoms. The second-order valence-electron chi connectivity index (χ2n) is 2.28. The monoisotopic (exact) mass is 264 g/mol. The first kappa shape index (κ1) is 10.9. The zero-order chi connectivity index (χ0) is 8.69. The average Bonchev–Trinajstić information content (AvgIpc) is 2.00. The van der Waals surface area contributed by atoms with Crippen molar-refractivity contribution in [3.8, 4) is 0 Å². The van der Waals surface area contributed by atoms with E-state index < -0.39 is 0 Å². The fourth-order valence-corrected chi connectivity index (χ4v) is 1.18. The van der Waals surface area contributed by atoms with Gasteiger partial charge in [0.15, 0.2) is 5.78 Å². The van der Waals surface area contributed by atoms with Gasteiger partial charge in [0.2, 0.25) is 0 Å². The van der Waals surface area contributed by atoms with Crippen molar-refractivity contribution in [1.82, 2.24) is 0 Å².